The van der Waals surface area contributed by atoms with Crippen LogP contribution in [-0.4, -0.2) is 29.0 Å². The number of nitrogens with zero attached hydrogens (tertiary/aromatic N) is 1. The number of hydrogen-bond acceptors (Lipinski definition) is 5. The molecular formula is C24H37NO4. The van der Waals surface area contributed by atoms with Crippen molar-refractivity contribution >= 4 is 17.8 Å². The fourth-order valence-corrected chi connectivity index (χ4v) is 6.52. The summed E-state index contributed by atoms with van der Waals surface area (Å²) in [5.41, 5.74) is -1.76. The monoisotopic (exact) mass is 403 g/mol. The summed E-state index contributed by atoms with van der Waals surface area (Å²) in [6, 6.07) is 0. The lowest BCUT2D eigenvalue weighted by Crippen LogP contribution is -2.59. The number of hydrogen-bond donors (Lipinski definition) is 0. The topological polar surface area (TPSA) is 65.0 Å². The molecule has 5 aliphatic rings. The first-order valence-corrected chi connectivity index (χ1v) is 11.5. The Bertz CT molecular complexity index is 711. The fraction of sp³-hybridized carbons (Fsp3) is 0.875. The van der Waals surface area contributed by atoms with Crippen LogP contribution in [0.5, 0.6) is 0 Å². The zero-order valence-electron chi connectivity index (χ0n) is 18.9. The summed E-state index contributed by atoms with van der Waals surface area (Å²) >= 11 is 0. The SMILES string of the molecule is CCC(C)(CC(C)C1=NC(C)(C)C(=O)O1)C(=O)OC1(C)C2CC3CC(C2)CC1C3. The lowest BCUT2D eigenvalue weighted by atomic mass is 9.50. The van der Waals surface area contributed by atoms with Crippen molar-refractivity contribution in [2.24, 2.45) is 40.0 Å². The van der Waals surface area contributed by atoms with Gasteiger partial charge in [0, 0.05) is 5.92 Å². The van der Waals surface area contributed by atoms with Crippen molar-refractivity contribution in [3.8, 4) is 0 Å². The van der Waals surface area contributed by atoms with Crippen molar-refractivity contribution in [1.82, 2.24) is 0 Å². The summed E-state index contributed by atoms with van der Waals surface area (Å²) in [7, 11) is 0. The van der Waals surface area contributed by atoms with E-state index in [9.17, 15) is 9.59 Å². The minimum absolute atomic E-state index is 0.0917. The third-order valence-electron chi connectivity index (χ3n) is 8.61. The molecule has 4 fully saturated rings. The number of rotatable bonds is 6. The van der Waals surface area contributed by atoms with Crippen LogP contribution in [0.1, 0.15) is 86.5 Å². The number of aliphatic imine (C=N–C) groups is 1. The quantitative estimate of drug-likeness (QED) is 0.590. The molecule has 4 bridgehead atoms. The number of cyclic esters (lactones) is 1. The molecule has 1 aliphatic heterocycles. The molecule has 4 saturated carbocycles. The van der Waals surface area contributed by atoms with Crippen LogP contribution in [0.3, 0.4) is 0 Å². The van der Waals surface area contributed by atoms with Gasteiger partial charge >= 0.3 is 11.9 Å². The Kier molecular flexibility index (Phi) is 4.90. The maximum absolute atomic E-state index is 13.5. The van der Waals surface area contributed by atoms with E-state index in [1.165, 1.54) is 32.1 Å². The molecule has 5 nitrogen and oxygen atoms in total. The van der Waals surface area contributed by atoms with Crippen LogP contribution in [0.15, 0.2) is 4.99 Å². The van der Waals surface area contributed by atoms with Crippen LogP contribution < -0.4 is 0 Å². The zero-order valence-corrected chi connectivity index (χ0v) is 18.9. The van der Waals surface area contributed by atoms with Crippen molar-refractivity contribution in [3.63, 3.8) is 0 Å². The van der Waals surface area contributed by atoms with Crippen molar-refractivity contribution in [2.75, 3.05) is 0 Å². The summed E-state index contributed by atoms with van der Waals surface area (Å²) in [6.07, 6.45) is 7.53. The second kappa shape index (κ2) is 6.81. The second-order valence-electron chi connectivity index (χ2n) is 11.3. The van der Waals surface area contributed by atoms with E-state index >= 15 is 0 Å². The molecule has 0 amide bonds. The van der Waals surface area contributed by atoms with Crippen molar-refractivity contribution in [3.05, 3.63) is 0 Å². The molecule has 0 spiro atoms. The molecule has 0 saturated heterocycles. The Morgan fingerprint density at radius 2 is 1.72 bits per heavy atom. The zero-order chi connectivity index (χ0) is 21.2. The van der Waals surface area contributed by atoms with Crippen LogP contribution in [0.2, 0.25) is 0 Å². The van der Waals surface area contributed by atoms with E-state index in [2.05, 4.69) is 11.9 Å². The molecule has 0 N–H and O–H groups in total. The number of carbonyl (C=O) groups excluding carboxylic acids is 2. The van der Waals surface area contributed by atoms with Crippen LogP contribution in [-0.2, 0) is 19.1 Å². The summed E-state index contributed by atoms with van der Waals surface area (Å²) in [4.78, 5) is 29.9. The van der Waals surface area contributed by atoms with Gasteiger partial charge in [-0.2, -0.15) is 0 Å². The third-order valence-corrected chi connectivity index (χ3v) is 8.61. The average molecular weight is 404 g/mol. The molecule has 5 heteroatoms. The molecule has 0 radical (unpaired) electrons. The smallest absolute Gasteiger partial charge is 0.340 e. The maximum atomic E-state index is 13.5. The number of esters is 2. The van der Waals surface area contributed by atoms with Gasteiger partial charge in [0.2, 0.25) is 0 Å². The molecule has 29 heavy (non-hydrogen) atoms. The van der Waals surface area contributed by atoms with Gasteiger partial charge in [0.1, 0.15) is 5.60 Å². The summed E-state index contributed by atoms with van der Waals surface area (Å²) in [6.45, 7) is 11.7. The normalized spacial score (nSPS) is 40.2. The Morgan fingerprint density at radius 3 is 2.17 bits per heavy atom. The summed E-state index contributed by atoms with van der Waals surface area (Å²) < 4.78 is 11.8. The van der Waals surface area contributed by atoms with Gasteiger partial charge in [-0.25, -0.2) is 9.79 Å². The van der Waals surface area contributed by atoms with Crippen LogP contribution in [0.25, 0.3) is 0 Å². The molecule has 2 atom stereocenters. The standard InChI is InChI=1S/C24H37NO4/c1-7-23(5,13-14(2)19-25-22(3,4)20(26)28-19)21(27)29-24(6)17-9-15-8-16(11-17)12-18(24)10-15/h14-18H,7-13H2,1-6H3. The van der Waals surface area contributed by atoms with Gasteiger partial charge in [-0.05, 0) is 96.3 Å². The van der Waals surface area contributed by atoms with E-state index in [4.69, 9.17) is 9.47 Å². The maximum Gasteiger partial charge on any atom is 0.340 e. The molecule has 0 aromatic rings. The van der Waals surface area contributed by atoms with E-state index in [0.29, 0.717) is 30.6 Å². The van der Waals surface area contributed by atoms with E-state index in [-0.39, 0.29) is 23.5 Å². The highest BCUT2D eigenvalue weighted by Gasteiger charge is 2.58. The van der Waals surface area contributed by atoms with Crippen molar-refractivity contribution in [2.45, 2.75) is 97.6 Å². The molecule has 2 unspecified atom stereocenters. The molecule has 1 heterocycles. The number of ether oxygens (including phenoxy) is 2. The molecule has 0 aromatic carbocycles. The Hall–Kier alpha value is -1.39. The predicted molar refractivity (Wildman–Crippen MR) is 111 cm³/mol. The lowest BCUT2D eigenvalue weighted by Gasteiger charge is -2.59. The Morgan fingerprint density at radius 1 is 1.17 bits per heavy atom. The Labute approximate surface area is 175 Å². The first-order valence-electron chi connectivity index (χ1n) is 11.5. The van der Waals surface area contributed by atoms with E-state index in [0.717, 1.165) is 11.8 Å². The predicted octanol–water partition coefficient (Wildman–Crippen LogP) is 4.92. The van der Waals surface area contributed by atoms with Crippen molar-refractivity contribution in [1.29, 1.82) is 0 Å². The highest BCUT2D eigenvalue weighted by Crippen LogP contribution is 2.59. The van der Waals surface area contributed by atoms with Gasteiger partial charge in [-0.1, -0.05) is 13.8 Å². The minimum Gasteiger partial charge on any atom is -0.458 e. The third kappa shape index (κ3) is 3.42. The second-order valence-corrected chi connectivity index (χ2v) is 11.3. The summed E-state index contributed by atoms with van der Waals surface area (Å²) in [5, 5.41) is 0. The summed E-state index contributed by atoms with van der Waals surface area (Å²) in [5.74, 6) is 2.66. The Balaban J connectivity index is 1.47. The highest BCUT2D eigenvalue weighted by atomic mass is 16.6. The molecule has 0 aromatic heterocycles. The van der Waals surface area contributed by atoms with Gasteiger partial charge in [0.15, 0.2) is 11.4 Å². The van der Waals surface area contributed by atoms with E-state index in [1.54, 1.807) is 13.8 Å². The first-order chi connectivity index (χ1) is 13.5. The lowest BCUT2D eigenvalue weighted by molar-refractivity contribution is -0.212. The fourth-order valence-electron chi connectivity index (χ4n) is 6.52. The van der Waals surface area contributed by atoms with Gasteiger partial charge in [0.05, 0.1) is 5.41 Å². The van der Waals surface area contributed by atoms with Crippen LogP contribution in [0.4, 0.5) is 0 Å². The molecule has 162 valence electrons. The van der Waals surface area contributed by atoms with E-state index in [1.807, 2.05) is 20.8 Å². The first kappa shape index (κ1) is 20.9. The van der Waals surface area contributed by atoms with E-state index < -0.39 is 11.0 Å². The van der Waals surface area contributed by atoms with Crippen molar-refractivity contribution < 1.29 is 19.1 Å². The molecule has 4 aliphatic carbocycles. The molecular weight excluding hydrogens is 366 g/mol. The molecule has 5 rings (SSSR count). The minimum atomic E-state index is -0.833. The van der Waals surface area contributed by atoms with Gasteiger partial charge in [-0.15, -0.1) is 0 Å². The van der Waals surface area contributed by atoms with Gasteiger partial charge in [-0.3, -0.25) is 4.79 Å². The number of carbonyl (C=O) groups is 2. The highest BCUT2D eigenvalue weighted by molar-refractivity contribution is 6.00. The average Bonchev–Trinajstić information content (AvgIpc) is 2.92. The van der Waals surface area contributed by atoms with Gasteiger partial charge < -0.3 is 9.47 Å². The van der Waals surface area contributed by atoms with Crippen LogP contribution in [0, 0.1) is 35.0 Å². The van der Waals surface area contributed by atoms with Crippen LogP contribution >= 0.6 is 0 Å². The largest absolute Gasteiger partial charge is 0.458 e. The van der Waals surface area contributed by atoms with Gasteiger partial charge in [0.25, 0.3) is 0 Å².